The molecule has 0 bridgehead atoms. The van der Waals surface area contributed by atoms with Crippen LogP contribution in [0.3, 0.4) is 0 Å². The summed E-state index contributed by atoms with van der Waals surface area (Å²) in [5.41, 5.74) is 1.82. The summed E-state index contributed by atoms with van der Waals surface area (Å²) in [6.45, 7) is 0.220. The summed E-state index contributed by atoms with van der Waals surface area (Å²) < 4.78 is 27.9. The van der Waals surface area contributed by atoms with Crippen molar-refractivity contribution in [3.05, 3.63) is 47.7 Å². The van der Waals surface area contributed by atoms with E-state index in [2.05, 4.69) is 9.82 Å². The monoisotopic (exact) mass is 299 g/mol. The molecule has 0 saturated heterocycles. The molecule has 0 unspecified atom stereocenters. The molecule has 1 aromatic heterocycles. The first-order chi connectivity index (χ1) is 9.03. The van der Waals surface area contributed by atoms with Crippen LogP contribution in [0.2, 0.25) is 0 Å². The summed E-state index contributed by atoms with van der Waals surface area (Å²) >= 11 is 5.74. The third-order valence-corrected chi connectivity index (χ3v) is 4.45. The van der Waals surface area contributed by atoms with Crippen molar-refractivity contribution in [2.24, 2.45) is 7.05 Å². The molecule has 0 radical (unpaired) electrons. The molecule has 0 amide bonds. The van der Waals surface area contributed by atoms with E-state index in [0.29, 0.717) is 5.88 Å². The highest BCUT2D eigenvalue weighted by Crippen LogP contribution is 2.10. The lowest BCUT2D eigenvalue weighted by atomic mass is 10.1. The van der Waals surface area contributed by atoms with Crippen LogP contribution in [-0.2, 0) is 29.5 Å². The highest BCUT2D eigenvalue weighted by molar-refractivity contribution is 7.89. The summed E-state index contributed by atoms with van der Waals surface area (Å²) in [6.07, 6.45) is 1.45. The van der Waals surface area contributed by atoms with Gasteiger partial charge in [-0.05, 0) is 17.2 Å². The maximum Gasteiger partial charge on any atom is 0.258 e. The zero-order valence-corrected chi connectivity index (χ0v) is 11.9. The largest absolute Gasteiger partial charge is 0.258 e. The fourth-order valence-corrected chi connectivity index (χ4v) is 3.01. The lowest BCUT2D eigenvalue weighted by Gasteiger charge is -2.07. The molecule has 0 fully saturated rings. The van der Waals surface area contributed by atoms with Crippen molar-refractivity contribution >= 4 is 21.6 Å². The number of alkyl halides is 1. The van der Waals surface area contributed by atoms with Crippen LogP contribution in [0.5, 0.6) is 0 Å². The van der Waals surface area contributed by atoms with E-state index in [0.717, 1.165) is 11.1 Å². The van der Waals surface area contributed by atoms with Crippen LogP contribution in [0.25, 0.3) is 0 Å². The van der Waals surface area contributed by atoms with Crippen molar-refractivity contribution in [2.75, 3.05) is 0 Å². The van der Waals surface area contributed by atoms with E-state index in [1.165, 1.54) is 16.9 Å². The summed E-state index contributed by atoms with van der Waals surface area (Å²) in [6, 6.07) is 8.93. The van der Waals surface area contributed by atoms with Gasteiger partial charge in [-0.2, -0.15) is 5.10 Å². The third-order valence-electron chi connectivity index (χ3n) is 2.66. The summed E-state index contributed by atoms with van der Waals surface area (Å²) in [5, 5.41) is 3.99. The zero-order valence-electron chi connectivity index (χ0n) is 10.4. The summed E-state index contributed by atoms with van der Waals surface area (Å²) in [7, 11) is -1.96. The van der Waals surface area contributed by atoms with E-state index >= 15 is 0 Å². The van der Waals surface area contributed by atoms with Crippen molar-refractivity contribution in [2.45, 2.75) is 17.5 Å². The van der Waals surface area contributed by atoms with Gasteiger partial charge in [-0.3, -0.25) is 4.68 Å². The van der Waals surface area contributed by atoms with Crippen molar-refractivity contribution in [1.29, 1.82) is 0 Å². The number of nitrogens with one attached hydrogen (secondary N) is 1. The number of rotatable bonds is 5. The summed E-state index contributed by atoms with van der Waals surface area (Å²) in [5.74, 6) is 0.405. The Labute approximate surface area is 117 Å². The van der Waals surface area contributed by atoms with Crippen molar-refractivity contribution < 1.29 is 8.42 Å². The van der Waals surface area contributed by atoms with E-state index < -0.39 is 10.0 Å². The summed E-state index contributed by atoms with van der Waals surface area (Å²) in [4.78, 5) is 0. The molecular weight excluding hydrogens is 286 g/mol. The Morgan fingerprint density at radius 2 is 2.05 bits per heavy atom. The topological polar surface area (TPSA) is 64.0 Å². The molecule has 2 rings (SSSR count). The second-order valence-corrected chi connectivity index (χ2v) is 6.05. The van der Waals surface area contributed by atoms with Gasteiger partial charge >= 0.3 is 0 Å². The lowest BCUT2D eigenvalue weighted by molar-refractivity contribution is 0.563. The number of aromatic nitrogens is 2. The zero-order chi connectivity index (χ0) is 13.9. The molecule has 0 aliphatic heterocycles. The maximum absolute atomic E-state index is 12.0. The molecule has 1 heterocycles. The Kier molecular flexibility index (Phi) is 4.24. The first-order valence-corrected chi connectivity index (χ1v) is 7.66. The van der Waals surface area contributed by atoms with Crippen molar-refractivity contribution in [3.63, 3.8) is 0 Å². The van der Waals surface area contributed by atoms with Crippen molar-refractivity contribution in [3.8, 4) is 0 Å². The van der Waals surface area contributed by atoms with Crippen LogP contribution >= 0.6 is 11.6 Å². The third kappa shape index (κ3) is 3.34. The number of benzene rings is 1. The minimum absolute atomic E-state index is 0.140. The van der Waals surface area contributed by atoms with Crippen LogP contribution in [0.4, 0.5) is 0 Å². The number of nitrogens with zero attached hydrogens (tertiary/aromatic N) is 2. The lowest BCUT2D eigenvalue weighted by Crippen LogP contribution is -2.25. The Morgan fingerprint density at radius 3 is 2.68 bits per heavy atom. The van der Waals surface area contributed by atoms with Gasteiger partial charge in [-0.1, -0.05) is 24.3 Å². The van der Waals surface area contributed by atoms with E-state index in [1.54, 1.807) is 7.05 Å². The van der Waals surface area contributed by atoms with Crippen LogP contribution in [0, 0.1) is 0 Å². The highest BCUT2D eigenvalue weighted by Gasteiger charge is 2.17. The average Bonchev–Trinajstić information content (AvgIpc) is 2.84. The molecule has 1 N–H and O–H groups in total. The second-order valence-electron chi connectivity index (χ2n) is 4.07. The van der Waals surface area contributed by atoms with Crippen LogP contribution < -0.4 is 4.72 Å². The number of aryl methyl sites for hydroxylation is 1. The Hall–Kier alpha value is -1.37. The molecule has 2 aromatic rings. The molecule has 0 spiro atoms. The predicted octanol–water partition coefficient (Wildman–Crippen LogP) is 1.64. The van der Waals surface area contributed by atoms with Gasteiger partial charge in [-0.25, -0.2) is 13.1 Å². The number of hydrogen-bond donors (Lipinski definition) is 1. The van der Waals surface area contributed by atoms with Gasteiger partial charge in [0.15, 0.2) is 5.03 Å². The first kappa shape index (κ1) is 14.0. The number of sulfonamides is 1. The van der Waals surface area contributed by atoms with E-state index in [-0.39, 0.29) is 11.6 Å². The molecule has 0 saturated carbocycles. The van der Waals surface area contributed by atoms with Crippen LogP contribution in [-0.4, -0.2) is 18.2 Å². The normalized spacial score (nSPS) is 11.7. The fourth-order valence-electron chi connectivity index (χ4n) is 1.70. The highest BCUT2D eigenvalue weighted by atomic mass is 35.5. The standard InChI is InChI=1S/C12H14ClN3O2S/c1-16-12(5-6-14-16)19(17,18)15-9-11-4-2-3-10(7-11)8-13/h2-7,15H,8-9H2,1H3. The Bertz CT molecular complexity index is 667. The van der Waals surface area contributed by atoms with E-state index in [4.69, 9.17) is 11.6 Å². The first-order valence-electron chi connectivity index (χ1n) is 5.64. The van der Waals surface area contributed by atoms with Gasteiger partial charge in [-0.15, -0.1) is 11.6 Å². The van der Waals surface area contributed by atoms with Gasteiger partial charge in [0.05, 0.1) is 6.20 Å². The molecule has 19 heavy (non-hydrogen) atoms. The number of halogens is 1. The van der Waals surface area contributed by atoms with Crippen molar-refractivity contribution in [1.82, 2.24) is 14.5 Å². The molecular formula is C12H14ClN3O2S. The van der Waals surface area contributed by atoms with Gasteiger partial charge in [0, 0.05) is 19.5 Å². The molecule has 0 atom stereocenters. The van der Waals surface area contributed by atoms with E-state index in [1.807, 2.05) is 24.3 Å². The molecule has 102 valence electrons. The fraction of sp³-hybridized carbons (Fsp3) is 0.250. The molecule has 0 aliphatic carbocycles. The molecule has 1 aromatic carbocycles. The van der Waals surface area contributed by atoms with Gasteiger partial charge in [0.25, 0.3) is 10.0 Å². The average molecular weight is 300 g/mol. The van der Waals surface area contributed by atoms with Gasteiger partial charge in [0.2, 0.25) is 0 Å². The minimum Gasteiger partial charge on any atom is -0.256 e. The smallest absolute Gasteiger partial charge is 0.256 e. The van der Waals surface area contributed by atoms with Crippen LogP contribution in [0.1, 0.15) is 11.1 Å². The van der Waals surface area contributed by atoms with Gasteiger partial charge in [0.1, 0.15) is 0 Å². The quantitative estimate of drug-likeness (QED) is 0.854. The SMILES string of the molecule is Cn1nccc1S(=O)(=O)NCc1cccc(CCl)c1. The molecule has 5 nitrogen and oxygen atoms in total. The molecule has 7 heteroatoms. The Morgan fingerprint density at radius 1 is 1.32 bits per heavy atom. The maximum atomic E-state index is 12.0. The van der Waals surface area contributed by atoms with Gasteiger partial charge < -0.3 is 0 Å². The minimum atomic E-state index is -3.55. The number of hydrogen-bond acceptors (Lipinski definition) is 3. The predicted molar refractivity (Wildman–Crippen MR) is 73.2 cm³/mol. The van der Waals surface area contributed by atoms with E-state index in [9.17, 15) is 8.42 Å². The second kappa shape index (κ2) is 5.73. The molecule has 0 aliphatic rings. The van der Waals surface area contributed by atoms with Crippen LogP contribution in [0.15, 0.2) is 41.6 Å². The Balaban J connectivity index is 2.12.